The molecular weight excluding hydrogens is 378 g/mol. The molecule has 3 aromatic rings. The van der Waals surface area contributed by atoms with Gasteiger partial charge in [-0.05, 0) is 36.2 Å². The second kappa shape index (κ2) is 7.73. The van der Waals surface area contributed by atoms with Crippen LogP contribution in [-0.4, -0.2) is 40.1 Å². The van der Waals surface area contributed by atoms with Crippen molar-refractivity contribution in [2.24, 2.45) is 0 Å². The van der Waals surface area contributed by atoms with Crippen LogP contribution in [0.25, 0.3) is 10.9 Å². The van der Waals surface area contributed by atoms with E-state index in [1.165, 1.54) is 10.9 Å². The van der Waals surface area contributed by atoms with Crippen LogP contribution in [0.1, 0.15) is 17.2 Å². The smallest absolute Gasteiger partial charge is 0.261 e. The lowest BCUT2D eigenvalue weighted by Crippen LogP contribution is -2.44. The van der Waals surface area contributed by atoms with E-state index in [1.807, 2.05) is 43.3 Å². The molecule has 0 radical (unpaired) electrons. The summed E-state index contributed by atoms with van der Waals surface area (Å²) in [6.07, 6.45) is 1.25. The fraction of sp³-hybridized carbons (Fsp3) is 0.286. The first-order valence-corrected chi connectivity index (χ1v) is 9.50. The number of morpholine rings is 1. The first kappa shape index (κ1) is 18.7. The summed E-state index contributed by atoms with van der Waals surface area (Å²) in [6, 6.07) is 12.9. The van der Waals surface area contributed by atoms with Crippen LogP contribution in [-0.2, 0) is 16.1 Å². The number of rotatable bonds is 3. The minimum atomic E-state index is -0.205. The Kier molecular flexibility index (Phi) is 5.15. The Bertz CT molecular complexity index is 1080. The number of aromatic nitrogens is 2. The molecule has 1 atom stereocenters. The molecule has 1 saturated heterocycles. The molecule has 0 N–H and O–H groups in total. The van der Waals surface area contributed by atoms with Gasteiger partial charge in [0, 0.05) is 11.6 Å². The fourth-order valence-corrected chi connectivity index (χ4v) is 3.58. The van der Waals surface area contributed by atoms with Gasteiger partial charge >= 0.3 is 0 Å². The molecule has 2 heterocycles. The van der Waals surface area contributed by atoms with E-state index in [9.17, 15) is 9.59 Å². The highest BCUT2D eigenvalue weighted by Gasteiger charge is 2.25. The van der Waals surface area contributed by atoms with E-state index < -0.39 is 0 Å². The second-order valence-corrected chi connectivity index (χ2v) is 7.34. The molecule has 1 aromatic heterocycles. The number of hydrogen-bond acceptors (Lipinski definition) is 4. The molecule has 144 valence electrons. The molecule has 1 aliphatic rings. The summed E-state index contributed by atoms with van der Waals surface area (Å²) in [6.45, 7) is 3.26. The maximum absolute atomic E-state index is 12.8. The summed E-state index contributed by atoms with van der Waals surface area (Å²) in [7, 11) is 0. The van der Waals surface area contributed by atoms with Gasteiger partial charge in [-0.1, -0.05) is 35.9 Å². The number of benzene rings is 2. The van der Waals surface area contributed by atoms with Crippen LogP contribution >= 0.6 is 11.6 Å². The lowest BCUT2D eigenvalue weighted by molar-refractivity contribution is -0.139. The highest BCUT2D eigenvalue weighted by molar-refractivity contribution is 6.30. The summed E-state index contributed by atoms with van der Waals surface area (Å²) in [5.74, 6) is -0.127. The summed E-state index contributed by atoms with van der Waals surface area (Å²) in [5.41, 5.74) is 2.38. The average molecular weight is 398 g/mol. The van der Waals surface area contributed by atoms with Gasteiger partial charge in [0.05, 0.1) is 30.4 Å². The Labute approximate surface area is 167 Å². The van der Waals surface area contributed by atoms with E-state index in [2.05, 4.69) is 4.98 Å². The number of fused-ring (bicyclic) bond motifs is 1. The Morgan fingerprint density at radius 1 is 1.25 bits per heavy atom. The molecule has 1 amide bonds. The zero-order valence-corrected chi connectivity index (χ0v) is 16.2. The fourth-order valence-electron chi connectivity index (χ4n) is 3.45. The normalized spacial score (nSPS) is 17.1. The van der Waals surface area contributed by atoms with Crippen LogP contribution in [0.15, 0.2) is 53.6 Å². The van der Waals surface area contributed by atoms with Gasteiger partial charge in [0.25, 0.3) is 5.56 Å². The zero-order chi connectivity index (χ0) is 19.7. The van der Waals surface area contributed by atoms with E-state index >= 15 is 0 Å². The third-order valence-electron chi connectivity index (χ3n) is 5.02. The summed E-state index contributed by atoms with van der Waals surface area (Å²) >= 11 is 5.94. The maximum atomic E-state index is 12.8. The van der Waals surface area contributed by atoms with Crippen molar-refractivity contribution < 1.29 is 9.53 Å². The van der Waals surface area contributed by atoms with Crippen LogP contribution < -0.4 is 5.56 Å². The third-order valence-corrected chi connectivity index (χ3v) is 5.27. The standard InChI is InChI=1S/C21H20ClN3O3/c1-14-3-2-4-17-20(14)23-13-25(21(17)27)12-19(26)24-9-10-28-18(11-24)15-5-7-16(22)8-6-15/h2-8,13,18H,9-12H2,1H3. The number of ether oxygens (including phenoxy) is 1. The first-order valence-electron chi connectivity index (χ1n) is 9.12. The Morgan fingerprint density at radius 2 is 2.04 bits per heavy atom. The van der Waals surface area contributed by atoms with Gasteiger partial charge in [0.15, 0.2) is 0 Å². The molecule has 0 spiro atoms. The number of hydrogen-bond donors (Lipinski definition) is 0. The van der Waals surface area contributed by atoms with E-state index in [4.69, 9.17) is 16.3 Å². The van der Waals surface area contributed by atoms with Crippen molar-refractivity contribution in [3.8, 4) is 0 Å². The van der Waals surface area contributed by atoms with E-state index in [1.54, 1.807) is 11.0 Å². The van der Waals surface area contributed by atoms with Gasteiger partial charge in [-0.25, -0.2) is 4.98 Å². The third kappa shape index (κ3) is 3.66. The van der Waals surface area contributed by atoms with Crippen molar-refractivity contribution >= 4 is 28.4 Å². The van der Waals surface area contributed by atoms with Crippen molar-refractivity contribution in [2.45, 2.75) is 19.6 Å². The number of nitrogens with zero attached hydrogens (tertiary/aromatic N) is 3. The summed E-state index contributed by atoms with van der Waals surface area (Å²) in [5, 5.41) is 1.18. The van der Waals surface area contributed by atoms with Gasteiger partial charge in [-0.15, -0.1) is 0 Å². The van der Waals surface area contributed by atoms with E-state index in [-0.39, 0.29) is 24.1 Å². The number of amides is 1. The SMILES string of the molecule is Cc1cccc2c(=O)n(CC(=O)N3CCOC(c4ccc(Cl)cc4)C3)cnc12. The van der Waals surface area contributed by atoms with Gasteiger partial charge in [0.1, 0.15) is 12.6 Å². The molecule has 1 aliphatic heterocycles. The predicted molar refractivity (Wildman–Crippen MR) is 107 cm³/mol. The molecule has 0 saturated carbocycles. The highest BCUT2D eigenvalue weighted by Crippen LogP contribution is 2.24. The predicted octanol–water partition coefficient (Wildman–Crippen LogP) is 2.96. The quantitative estimate of drug-likeness (QED) is 0.681. The molecule has 1 fully saturated rings. The van der Waals surface area contributed by atoms with E-state index in [0.29, 0.717) is 35.6 Å². The number of halogens is 1. The largest absolute Gasteiger partial charge is 0.370 e. The maximum Gasteiger partial charge on any atom is 0.261 e. The number of carbonyl (C=O) groups excluding carboxylic acids is 1. The molecule has 0 aliphatic carbocycles. The molecule has 28 heavy (non-hydrogen) atoms. The molecule has 1 unspecified atom stereocenters. The molecule has 2 aromatic carbocycles. The van der Waals surface area contributed by atoms with Crippen molar-refractivity contribution in [2.75, 3.05) is 19.7 Å². The van der Waals surface area contributed by atoms with Crippen LogP contribution in [0.4, 0.5) is 0 Å². The van der Waals surface area contributed by atoms with Gasteiger partial charge in [-0.3, -0.25) is 14.2 Å². The zero-order valence-electron chi connectivity index (χ0n) is 15.5. The minimum absolute atomic E-state index is 0.0386. The Hall–Kier alpha value is -2.70. The molecule has 0 bridgehead atoms. The van der Waals surface area contributed by atoms with Crippen LogP contribution in [0.2, 0.25) is 5.02 Å². The second-order valence-electron chi connectivity index (χ2n) is 6.90. The van der Waals surface area contributed by atoms with Crippen molar-refractivity contribution in [3.63, 3.8) is 0 Å². The number of para-hydroxylation sites is 1. The lowest BCUT2D eigenvalue weighted by atomic mass is 10.1. The summed E-state index contributed by atoms with van der Waals surface area (Å²) in [4.78, 5) is 31.6. The molecule has 7 heteroatoms. The van der Waals surface area contributed by atoms with E-state index in [0.717, 1.165) is 11.1 Å². The average Bonchev–Trinajstić information content (AvgIpc) is 2.71. The molecule has 6 nitrogen and oxygen atoms in total. The van der Waals surface area contributed by atoms with Crippen LogP contribution in [0.5, 0.6) is 0 Å². The Balaban J connectivity index is 1.52. The Morgan fingerprint density at radius 3 is 2.82 bits per heavy atom. The minimum Gasteiger partial charge on any atom is -0.370 e. The van der Waals surface area contributed by atoms with Crippen molar-refractivity contribution in [1.82, 2.24) is 14.5 Å². The highest BCUT2D eigenvalue weighted by atomic mass is 35.5. The summed E-state index contributed by atoms with van der Waals surface area (Å²) < 4.78 is 7.18. The molecular formula is C21H20ClN3O3. The van der Waals surface area contributed by atoms with Gasteiger partial charge in [-0.2, -0.15) is 0 Å². The lowest BCUT2D eigenvalue weighted by Gasteiger charge is -2.33. The topological polar surface area (TPSA) is 64.4 Å². The van der Waals surface area contributed by atoms with Crippen LogP contribution in [0, 0.1) is 6.92 Å². The number of carbonyl (C=O) groups is 1. The first-order chi connectivity index (χ1) is 13.5. The monoisotopic (exact) mass is 397 g/mol. The van der Waals surface area contributed by atoms with Crippen molar-refractivity contribution in [3.05, 3.63) is 75.3 Å². The van der Waals surface area contributed by atoms with Gasteiger partial charge < -0.3 is 9.64 Å². The molecule has 4 rings (SSSR count). The number of aryl methyl sites for hydroxylation is 1. The van der Waals surface area contributed by atoms with Gasteiger partial charge in [0.2, 0.25) is 5.91 Å². The van der Waals surface area contributed by atoms with Crippen molar-refractivity contribution in [1.29, 1.82) is 0 Å². The van der Waals surface area contributed by atoms with Crippen LogP contribution in [0.3, 0.4) is 0 Å².